The van der Waals surface area contributed by atoms with Crippen molar-refractivity contribution in [1.82, 2.24) is 9.55 Å². The summed E-state index contributed by atoms with van der Waals surface area (Å²) in [7, 11) is 0. The SMILES string of the molecule is CCCCn1cc(C)nc1NC(C)CSC. The van der Waals surface area contributed by atoms with Crippen LogP contribution in [0.15, 0.2) is 6.20 Å². The maximum absolute atomic E-state index is 4.53. The van der Waals surface area contributed by atoms with Gasteiger partial charge in [-0.25, -0.2) is 4.98 Å². The van der Waals surface area contributed by atoms with Gasteiger partial charge in [-0.15, -0.1) is 0 Å². The summed E-state index contributed by atoms with van der Waals surface area (Å²) in [6, 6.07) is 0.470. The number of unbranched alkanes of at least 4 members (excludes halogenated alkanes) is 1. The predicted octanol–water partition coefficient (Wildman–Crippen LogP) is 3.16. The van der Waals surface area contributed by atoms with Crippen molar-refractivity contribution in [2.75, 3.05) is 17.3 Å². The number of nitrogens with one attached hydrogen (secondary N) is 1. The van der Waals surface area contributed by atoms with Crippen LogP contribution >= 0.6 is 11.8 Å². The van der Waals surface area contributed by atoms with Crippen LogP contribution in [0.2, 0.25) is 0 Å². The summed E-state index contributed by atoms with van der Waals surface area (Å²) in [6.45, 7) is 7.52. The van der Waals surface area contributed by atoms with Crippen molar-refractivity contribution >= 4 is 17.7 Å². The number of thioether (sulfide) groups is 1. The molecule has 0 aliphatic heterocycles. The van der Waals surface area contributed by atoms with Gasteiger partial charge in [0.1, 0.15) is 0 Å². The van der Waals surface area contributed by atoms with Crippen LogP contribution < -0.4 is 5.32 Å². The Bertz CT molecular complexity index is 309. The van der Waals surface area contributed by atoms with Crippen LogP contribution in [0.25, 0.3) is 0 Å². The zero-order valence-electron chi connectivity index (χ0n) is 10.8. The maximum atomic E-state index is 4.53. The van der Waals surface area contributed by atoms with Crippen LogP contribution in [0.3, 0.4) is 0 Å². The quantitative estimate of drug-likeness (QED) is 0.795. The topological polar surface area (TPSA) is 29.9 Å². The van der Waals surface area contributed by atoms with Crippen molar-refractivity contribution in [3.05, 3.63) is 11.9 Å². The minimum absolute atomic E-state index is 0.470. The summed E-state index contributed by atoms with van der Waals surface area (Å²) in [5.41, 5.74) is 1.09. The van der Waals surface area contributed by atoms with Crippen molar-refractivity contribution < 1.29 is 0 Å². The van der Waals surface area contributed by atoms with E-state index in [1.54, 1.807) is 0 Å². The molecule has 1 aromatic rings. The van der Waals surface area contributed by atoms with Gasteiger partial charge in [0.25, 0.3) is 0 Å². The Balaban J connectivity index is 2.62. The molecule has 0 radical (unpaired) electrons. The lowest BCUT2D eigenvalue weighted by Crippen LogP contribution is -2.20. The van der Waals surface area contributed by atoms with Crippen molar-refractivity contribution in [3.8, 4) is 0 Å². The van der Waals surface area contributed by atoms with Gasteiger partial charge in [0.05, 0.1) is 5.69 Å². The van der Waals surface area contributed by atoms with E-state index >= 15 is 0 Å². The summed E-state index contributed by atoms with van der Waals surface area (Å²) in [5.74, 6) is 2.13. The standard InChI is InChI=1S/C12H23N3S/c1-5-6-7-15-8-10(2)13-12(15)14-11(3)9-16-4/h8,11H,5-7,9H2,1-4H3,(H,13,14). The fraction of sp³-hybridized carbons (Fsp3) is 0.750. The highest BCUT2D eigenvalue weighted by Crippen LogP contribution is 2.12. The second-order valence-corrected chi connectivity index (χ2v) is 5.16. The third kappa shape index (κ3) is 4.08. The fourth-order valence-corrected chi connectivity index (χ4v) is 2.26. The lowest BCUT2D eigenvalue weighted by atomic mass is 10.3. The number of imidazole rings is 1. The number of hydrogen-bond donors (Lipinski definition) is 1. The Labute approximate surface area is 103 Å². The van der Waals surface area contributed by atoms with E-state index in [2.05, 4.69) is 41.2 Å². The Hall–Kier alpha value is -0.640. The molecule has 0 aliphatic carbocycles. The summed E-state index contributed by atoms with van der Waals surface area (Å²) in [4.78, 5) is 4.53. The molecule has 92 valence electrons. The minimum atomic E-state index is 0.470. The molecule has 0 spiro atoms. The number of anilines is 1. The Kier molecular flexibility index (Phi) is 5.74. The molecule has 1 atom stereocenters. The monoisotopic (exact) mass is 241 g/mol. The molecule has 1 aromatic heterocycles. The Morgan fingerprint density at radius 2 is 2.31 bits per heavy atom. The first kappa shape index (κ1) is 13.4. The number of hydrogen-bond acceptors (Lipinski definition) is 3. The molecule has 1 rings (SSSR count). The number of aromatic nitrogens is 2. The molecule has 1 heterocycles. The lowest BCUT2D eigenvalue weighted by Gasteiger charge is -2.14. The highest BCUT2D eigenvalue weighted by molar-refractivity contribution is 7.98. The first-order chi connectivity index (χ1) is 7.67. The van der Waals surface area contributed by atoms with Gasteiger partial charge in [-0.1, -0.05) is 13.3 Å². The number of rotatable bonds is 7. The smallest absolute Gasteiger partial charge is 0.203 e. The van der Waals surface area contributed by atoms with Crippen molar-refractivity contribution in [2.45, 2.75) is 46.2 Å². The maximum Gasteiger partial charge on any atom is 0.203 e. The van der Waals surface area contributed by atoms with E-state index in [-0.39, 0.29) is 0 Å². The summed E-state index contributed by atoms with van der Waals surface area (Å²) in [5, 5.41) is 3.47. The van der Waals surface area contributed by atoms with Gasteiger partial charge >= 0.3 is 0 Å². The van der Waals surface area contributed by atoms with E-state index in [0.29, 0.717) is 6.04 Å². The van der Waals surface area contributed by atoms with Gasteiger partial charge in [0.2, 0.25) is 5.95 Å². The van der Waals surface area contributed by atoms with E-state index in [4.69, 9.17) is 0 Å². The van der Waals surface area contributed by atoms with E-state index in [9.17, 15) is 0 Å². The molecule has 4 heteroatoms. The molecule has 1 N–H and O–H groups in total. The first-order valence-corrected chi connectivity index (χ1v) is 7.36. The fourth-order valence-electron chi connectivity index (χ4n) is 1.67. The molecular formula is C12H23N3S. The van der Waals surface area contributed by atoms with E-state index in [1.165, 1.54) is 12.8 Å². The predicted molar refractivity (Wildman–Crippen MR) is 73.3 cm³/mol. The number of nitrogens with zero attached hydrogens (tertiary/aromatic N) is 2. The highest BCUT2D eigenvalue weighted by Gasteiger charge is 2.08. The molecule has 16 heavy (non-hydrogen) atoms. The molecule has 0 fully saturated rings. The molecule has 0 bridgehead atoms. The van der Waals surface area contributed by atoms with Crippen molar-refractivity contribution in [2.24, 2.45) is 0 Å². The van der Waals surface area contributed by atoms with Gasteiger partial charge in [-0.3, -0.25) is 0 Å². The van der Waals surface area contributed by atoms with Crippen LogP contribution in [0.1, 0.15) is 32.4 Å². The third-order valence-corrected chi connectivity index (χ3v) is 3.28. The zero-order chi connectivity index (χ0) is 12.0. The number of aryl methyl sites for hydroxylation is 2. The second-order valence-electron chi connectivity index (χ2n) is 4.25. The van der Waals surface area contributed by atoms with E-state index in [0.717, 1.165) is 23.9 Å². The van der Waals surface area contributed by atoms with Gasteiger partial charge in [0, 0.05) is 24.5 Å². The van der Waals surface area contributed by atoms with Gasteiger partial charge < -0.3 is 9.88 Å². The summed E-state index contributed by atoms with van der Waals surface area (Å²) < 4.78 is 2.23. The Morgan fingerprint density at radius 1 is 1.56 bits per heavy atom. The Morgan fingerprint density at radius 3 is 2.94 bits per heavy atom. The third-order valence-electron chi connectivity index (χ3n) is 2.44. The van der Waals surface area contributed by atoms with Crippen LogP contribution in [0.4, 0.5) is 5.95 Å². The highest BCUT2D eigenvalue weighted by atomic mass is 32.2. The first-order valence-electron chi connectivity index (χ1n) is 5.96. The van der Waals surface area contributed by atoms with Crippen LogP contribution in [-0.2, 0) is 6.54 Å². The normalized spacial score (nSPS) is 12.8. The van der Waals surface area contributed by atoms with E-state index in [1.807, 2.05) is 18.7 Å². The van der Waals surface area contributed by atoms with Crippen LogP contribution in [0, 0.1) is 6.92 Å². The van der Waals surface area contributed by atoms with Crippen LogP contribution in [-0.4, -0.2) is 27.6 Å². The van der Waals surface area contributed by atoms with Gasteiger partial charge in [-0.2, -0.15) is 11.8 Å². The summed E-state index contributed by atoms with van der Waals surface area (Å²) >= 11 is 1.86. The average Bonchev–Trinajstić information content (AvgIpc) is 2.56. The largest absolute Gasteiger partial charge is 0.352 e. The van der Waals surface area contributed by atoms with Crippen molar-refractivity contribution in [1.29, 1.82) is 0 Å². The minimum Gasteiger partial charge on any atom is -0.352 e. The molecule has 0 aromatic carbocycles. The lowest BCUT2D eigenvalue weighted by molar-refractivity contribution is 0.631. The molecule has 0 saturated carbocycles. The second kappa shape index (κ2) is 6.84. The average molecular weight is 241 g/mol. The van der Waals surface area contributed by atoms with Gasteiger partial charge in [-0.05, 0) is 26.5 Å². The van der Waals surface area contributed by atoms with Gasteiger partial charge in [0.15, 0.2) is 0 Å². The molecule has 3 nitrogen and oxygen atoms in total. The zero-order valence-corrected chi connectivity index (χ0v) is 11.6. The molecular weight excluding hydrogens is 218 g/mol. The van der Waals surface area contributed by atoms with E-state index < -0.39 is 0 Å². The molecule has 0 amide bonds. The molecule has 1 unspecified atom stereocenters. The summed E-state index contributed by atoms with van der Waals surface area (Å²) in [6.07, 6.45) is 6.69. The van der Waals surface area contributed by atoms with Crippen LogP contribution in [0.5, 0.6) is 0 Å². The molecule has 0 aliphatic rings. The molecule has 0 saturated heterocycles. The van der Waals surface area contributed by atoms with Crippen molar-refractivity contribution in [3.63, 3.8) is 0 Å².